The maximum Gasteiger partial charge on any atom is 0.269 e. The minimum absolute atomic E-state index is 0.0789. The smallest absolute Gasteiger partial charge is 0.269 e. The number of amides is 1. The van der Waals surface area contributed by atoms with Crippen LogP contribution < -0.4 is 0 Å². The molecule has 0 saturated carbocycles. The zero-order chi connectivity index (χ0) is 26.3. The Labute approximate surface area is 211 Å². The van der Waals surface area contributed by atoms with Gasteiger partial charge in [-0.3, -0.25) is 14.9 Å². The number of non-ortho nitro benzene ring substituents is 1. The summed E-state index contributed by atoms with van der Waals surface area (Å²) in [5.74, 6) is 1.17. The van der Waals surface area contributed by atoms with Crippen molar-refractivity contribution in [2.24, 2.45) is 5.92 Å². The molecular weight excluding hydrogens is 480 g/mol. The van der Waals surface area contributed by atoms with Crippen molar-refractivity contribution in [3.63, 3.8) is 0 Å². The number of fused-ring (bicyclic) bond motifs is 1. The van der Waals surface area contributed by atoms with Crippen molar-refractivity contribution in [2.75, 3.05) is 13.1 Å². The van der Waals surface area contributed by atoms with Crippen LogP contribution in [-0.2, 0) is 32.3 Å². The predicted molar refractivity (Wildman–Crippen MR) is 137 cm³/mol. The molecule has 0 N–H and O–H groups in total. The van der Waals surface area contributed by atoms with E-state index in [0.29, 0.717) is 17.0 Å². The highest BCUT2D eigenvalue weighted by Gasteiger charge is 2.28. The Morgan fingerprint density at radius 2 is 1.75 bits per heavy atom. The van der Waals surface area contributed by atoms with Gasteiger partial charge in [0.25, 0.3) is 5.69 Å². The topological polar surface area (TPSA) is 115 Å². The van der Waals surface area contributed by atoms with Crippen LogP contribution >= 0.6 is 0 Å². The SMILES string of the molecule is CC(=O)N1CCC(Cn2c(C(C)(C)C)nc3cc(S(=O)(=O)Cc4ccc([N+](=O)[O-])cc4)ccc32)CC1. The first kappa shape index (κ1) is 25.8. The van der Waals surface area contributed by atoms with Gasteiger partial charge < -0.3 is 9.47 Å². The number of nitro benzene ring substituents is 1. The number of piperidine rings is 1. The van der Waals surface area contributed by atoms with Gasteiger partial charge in [-0.1, -0.05) is 32.9 Å². The number of rotatable bonds is 6. The monoisotopic (exact) mass is 512 g/mol. The molecule has 1 fully saturated rings. The van der Waals surface area contributed by atoms with E-state index in [1.54, 1.807) is 19.1 Å². The van der Waals surface area contributed by atoms with E-state index >= 15 is 0 Å². The Morgan fingerprint density at radius 1 is 1.11 bits per heavy atom. The number of carbonyl (C=O) groups is 1. The molecule has 9 nitrogen and oxygen atoms in total. The Morgan fingerprint density at radius 3 is 2.31 bits per heavy atom. The van der Waals surface area contributed by atoms with Gasteiger partial charge in [0.05, 0.1) is 26.6 Å². The Hall–Kier alpha value is -3.27. The van der Waals surface area contributed by atoms with Gasteiger partial charge in [0.2, 0.25) is 5.91 Å². The maximum absolute atomic E-state index is 13.2. The third-order valence-electron chi connectivity index (χ3n) is 6.75. The summed E-state index contributed by atoms with van der Waals surface area (Å²) in [6.07, 6.45) is 1.84. The zero-order valence-electron chi connectivity index (χ0n) is 21.1. The molecule has 0 unspecified atom stereocenters. The number of sulfone groups is 1. The molecule has 0 radical (unpaired) electrons. The summed E-state index contributed by atoms with van der Waals surface area (Å²) in [4.78, 5) is 29.0. The lowest BCUT2D eigenvalue weighted by molar-refractivity contribution is -0.384. The molecule has 0 spiro atoms. The van der Waals surface area contributed by atoms with E-state index in [0.717, 1.165) is 43.8 Å². The van der Waals surface area contributed by atoms with E-state index in [1.807, 2.05) is 11.0 Å². The largest absolute Gasteiger partial charge is 0.343 e. The van der Waals surface area contributed by atoms with Crippen molar-refractivity contribution in [1.82, 2.24) is 14.5 Å². The third kappa shape index (κ3) is 5.43. The van der Waals surface area contributed by atoms with Crippen LogP contribution in [0.1, 0.15) is 51.9 Å². The van der Waals surface area contributed by atoms with Crippen LogP contribution in [-0.4, -0.2) is 46.8 Å². The van der Waals surface area contributed by atoms with Crippen molar-refractivity contribution in [3.8, 4) is 0 Å². The first-order valence-electron chi connectivity index (χ1n) is 12.1. The van der Waals surface area contributed by atoms with Crippen LogP contribution in [0, 0.1) is 16.0 Å². The van der Waals surface area contributed by atoms with E-state index in [4.69, 9.17) is 4.98 Å². The normalized spacial score (nSPS) is 15.4. The average Bonchev–Trinajstić information content (AvgIpc) is 3.18. The van der Waals surface area contributed by atoms with Gasteiger partial charge in [-0.2, -0.15) is 0 Å². The molecule has 1 aromatic heterocycles. The molecule has 0 atom stereocenters. The molecular formula is C26H32N4O5S. The molecule has 1 saturated heterocycles. The van der Waals surface area contributed by atoms with Gasteiger partial charge in [-0.25, -0.2) is 13.4 Å². The molecule has 1 aliphatic heterocycles. The average molecular weight is 513 g/mol. The van der Waals surface area contributed by atoms with Gasteiger partial charge in [0, 0.05) is 44.1 Å². The fraction of sp³-hybridized carbons (Fsp3) is 0.462. The summed E-state index contributed by atoms with van der Waals surface area (Å²) in [6.45, 7) is 10.2. The molecule has 0 bridgehead atoms. The van der Waals surface area contributed by atoms with Crippen LogP contribution in [0.3, 0.4) is 0 Å². The third-order valence-corrected chi connectivity index (χ3v) is 8.44. The van der Waals surface area contributed by atoms with Crippen molar-refractivity contribution in [1.29, 1.82) is 0 Å². The van der Waals surface area contributed by atoms with E-state index in [1.165, 1.54) is 24.3 Å². The molecule has 2 heterocycles. The molecule has 3 aromatic rings. The predicted octanol–water partition coefficient (Wildman–Crippen LogP) is 4.47. The second kappa shape index (κ2) is 9.65. The van der Waals surface area contributed by atoms with Gasteiger partial charge in [0.15, 0.2) is 9.84 Å². The standard InChI is InChI=1S/C26H32N4O5S/c1-18(31)28-13-11-19(12-14-28)16-29-24-10-9-22(15-23(24)27-25(29)26(2,3)4)36(34,35)17-20-5-7-21(8-6-20)30(32)33/h5-10,15,19H,11-14,16-17H2,1-4H3. The van der Waals surface area contributed by atoms with Gasteiger partial charge in [-0.05, 0) is 42.5 Å². The van der Waals surface area contributed by atoms with Crippen LogP contribution in [0.25, 0.3) is 11.0 Å². The number of likely N-dealkylation sites (tertiary alicyclic amines) is 1. The lowest BCUT2D eigenvalue weighted by Crippen LogP contribution is -2.38. The number of benzene rings is 2. The van der Waals surface area contributed by atoms with E-state index in [2.05, 4.69) is 25.3 Å². The second-order valence-electron chi connectivity index (χ2n) is 10.6. The van der Waals surface area contributed by atoms with Gasteiger partial charge >= 0.3 is 0 Å². The van der Waals surface area contributed by atoms with E-state index in [-0.39, 0.29) is 27.7 Å². The zero-order valence-corrected chi connectivity index (χ0v) is 21.9. The second-order valence-corrected chi connectivity index (χ2v) is 12.6. The highest BCUT2D eigenvalue weighted by atomic mass is 32.2. The summed E-state index contributed by atoms with van der Waals surface area (Å²) in [5.41, 5.74) is 1.69. The van der Waals surface area contributed by atoms with Crippen molar-refractivity contribution in [2.45, 2.75) is 63.1 Å². The first-order valence-corrected chi connectivity index (χ1v) is 13.7. The Bertz CT molecular complexity index is 1400. The molecule has 10 heteroatoms. The van der Waals surface area contributed by atoms with Gasteiger partial charge in [-0.15, -0.1) is 0 Å². The minimum Gasteiger partial charge on any atom is -0.343 e. The summed E-state index contributed by atoms with van der Waals surface area (Å²) in [7, 11) is -3.68. The van der Waals surface area contributed by atoms with Gasteiger partial charge in [0.1, 0.15) is 5.82 Å². The van der Waals surface area contributed by atoms with Crippen LogP contribution in [0.4, 0.5) is 5.69 Å². The number of hydrogen-bond donors (Lipinski definition) is 0. The van der Waals surface area contributed by atoms with Crippen LogP contribution in [0.15, 0.2) is 47.4 Å². The lowest BCUT2D eigenvalue weighted by Gasteiger charge is -2.32. The van der Waals surface area contributed by atoms with E-state index < -0.39 is 14.8 Å². The summed E-state index contributed by atoms with van der Waals surface area (Å²) in [6, 6.07) is 10.6. The molecule has 1 aliphatic rings. The highest BCUT2D eigenvalue weighted by molar-refractivity contribution is 7.90. The molecule has 2 aromatic carbocycles. The number of nitro groups is 1. The van der Waals surface area contributed by atoms with Crippen molar-refractivity contribution in [3.05, 3.63) is 64.0 Å². The highest BCUT2D eigenvalue weighted by Crippen LogP contribution is 2.31. The molecule has 1 amide bonds. The van der Waals surface area contributed by atoms with Crippen LogP contribution in [0.5, 0.6) is 0 Å². The Kier molecular flexibility index (Phi) is 6.92. The van der Waals surface area contributed by atoms with Crippen LogP contribution in [0.2, 0.25) is 0 Å². The summed E-state index contributed by atoms with van der Waals surface area (Å²) in [5, 5.41) is 10.9. The van der Waals surface area contributed by atoms with Crippen molar-refractivity contribution >= 4 is 32.5 Å². The van der Waals surface area contributed by atoms with E-state index in [9.17, 15) is 23.3 Å². The summed E-state index contributed by atoms with van der Waals surface area (Å²) < 4.78 is 28.5. The molecule has 4 rings (SSSR count). The molecule has 192 valence electrons. The fourth-order valence-electron chi connectivity index (χ4n) is 4.77. The minimum atomic E-state index is -3.68. The number of aromatic nitrogens is 2. The quantitative estimate of drug-likeness (QED) is 0.355. The maximum atomic E-state index is 13.2. The lowest BCUT2D eigenvalue weighted by atomic mass is 9.93. The number of carbonyl (C=O) groups excluding carboxylic acids is 1. The summed E-state index contributed by atoms with van der Waals surface area (Å²) >= 11 is 0. The van der Waals surface area contributed by atoms with Crippen molar-refractivity contribution < 1.29 is 18.1 Å². The molecule has 36 heavy (non-hydrogen) atoms. The molecule has 0 aliphatic carbocycles. The number of nitrogens with zero attached hydrogens (tertiary/aromatic N) is 4. The Balaban J connectivity index is 1.62. The first-order chi connectivity index (χ1) is 16.8. The fourth-order valence-corrected chi connectivity index (χ4v) is 6.13. The number of hydrogen-bond acceptors (Lipinski definition) is 6. The number of imidazole rings is 1.